The molecule has 4 aromatic rings. The number of fused-ring (bicyclic) bond motifs is 1. The maximum atomic E-state index is 12.9. The number of pyridine rings is 2. The van der Waals surface area contributed by atoms with Crippen LogP contribution in [0.3, 0.4) is 0 Å². The highest BCUT2D eigenvalue weighted by molar-refractivity contribution is 5.97. The Labute approximate surface area is 204 Å². The van der Waals surface area contributed by atoms with Crippen molar-refractivity contribution in [2.75, 3.05) is 30.9 Å². The maximum Gasteiger partial charge on any atom is 0.244 e. The third kappa shape index (κ3) is 4.59. The highest BCUT2D eigenvalue weighted by atomic mass is 16.2. The molecule has 0 saturated carbocycles. The lowest BCUT2D eigenvalue weighted by Crippen LogP contribution is -2.50. The van der Waals surface area contributed by atoms with Crippen molar-refractivity contribution in [2.24, 2.45) is 0 Å². The number of nitrogens with one attached hydrogen (secondary N) is 1. The van der Waals surface area contributed by atoms with Crippen molar-refractivity contribution in [3.8, 4) is 11.3 Å². The van der Waals surface area contributed by atoms with Gasteiger partial charge in [0.2, 0.25) is 11.9 Å². The SMILES string of the molecule is CC(C)c1cnn2ccc(-c3ccnc(Nc4ccc(N5CCCC(N(C)C)C5=O)cn4)n3)cc12. The quantitative estimate of drug-likeness (QED) is 0.453. The molecule has 1 atom stereocenters. The number of nitrogens with zero attached hydrogens (tertiary/aromatic N) is 7. The van der Waals surface area contributed by atoms with Gasteiger partial charge in [-0.15, -0.1) is 0 Å². The van der Waals surface area contributed by atoms with Gasteiger partial charge in [0.05, 0.1) is 35.3 Å². The van der Waals surface area contributed by atoms with Gasteiger partial charge >= 0.3 is 0 Å². The number of aromatic nitrogens is 5. The molecule has 1 amide bonds. The highest BCUT2D eigenvalue weighted by Gasteiger charge is 2.31. The number of amides is 1. The predicted octanol–water partition coefficient (Wildman–Crippen LogP) is 4.11. The van der Waals surface area contributed by atoms with Crippen LogP contribution in [0.15, 0.2) is 55.1 Å². The molecular weight excluding hydrogens is 440 g/mol. The van der Waals surface area contributed by atoms with E-state index in [1.54, 1.807) is 12.4 Å². The summed E-state index contributed by atoms with van der Waals surface area (Å²) in [6.45, 7) is 5.04. The summed E-state index contributed by atoms with van der Waals surface area (Å²) in [4.78, 5) is 30.2. The summed E-state index contributed by atoms with van der Waals surface area (Å²) < 4.78 is 1.89. The van der Waals surface area contributed by atoms with Gasteiger partial charge in [0.25, 0.3) is 0 Å². The Bertz CT molecular complexity index is 1350. The van der Waals surface area contributed by atoms with Crippen molar-refractivity contribution < 1.29 is 4.79 Å². The van der Waals surface area contributed by atoms with Gasteiger partial charge < -0.3 is 10.2 Å². The van der Waals surface area contributed by atoms with Crippen LogP contribution in [0.5, 0.6) is 0 Å². The van der Waals surface area contributed by atoms with Gasteiger partial charge in [0.1, 0.15) is 5.82 Å². The van der Waals surface area contributed by atoms with E-state index in [1.807, 2.05) is 65.1 Å². The van der Waals surface area contributed by atoms with Gasteiger partial charge in [0.15, 0.2) is 0 Å². The lowest BCUT2D eigenvalue weighted by Gasteiger charge is -2.35. The standard InChI is InChI=1S/C26H30N8O/c1-17(2)20-16-29-34-13-10-18(14-23(20)34)21-9-11-27-26(30-21)31-24-8-7-19(15-28-24)33-12-5-6-22(25(33)35)32(3)4/h7-11,13-17,22H,5-6,12H2,1-4H3,(H,27,28,30,31). The summed E-state index contributed by atoms with van der Waals surface area (Å²) in [6, 6.07) is 9.68. The summed E-state index contributed by atoms with van der Waals surface area (Å²) in [5.74, 6) is 1.58. The molecule has 9 heteroatoms. The van der Waals surface area contributed by atoms with E-state index in [1.165, 1.54) is 5.56 Å². The number of carbonyl (C=O) groups excluding carboxylic acids is 1. The number of hydrogen-bond acceptors (Lipinski definition) is 7. The van der Waals surface area contributed by atoms with Crippen molar-refractivity contribution in [3.63, 3.8) is 0 Å². The average Bonchev–Trinajstić information content (AvgIpc) is 3.28. The number of anilines is 3. The second-order valence-corrected chi connectivity index (χ2v) is 9.40. The minimum Gasteiger partial charge on any atom is -0.310 e. The number of carbonyl (C=O) groups is 1. The second kappa shape index (κ2) is 9.42. The molecule has 1 aliphatic rings. The van der Waals surface area contributed by atoms with Gasteiger partial charge in [-0.2, -0.15) is 5.10 Å². The number of likely N-dealkylation sites (N-methyl/N-ethyl adjacent to an activating group) is 1. The van der Waals surface area contributed by atoms with Crippen molar-refractivity contribution in [1.29, 1.82) is 0 Å². The smallest absolute Gasteiger partial charge is 0.244 e. The van der Waals surface area contributed by atoms with Crippen LogP contribution in [-0.4, -0.2) is 62.1 Å². The summed E-state index contributed by atoms with van der Waals surface area (Å²) in [6.07, 6.45) is 9.19. The van der Waals surface area contributed by atoms with Gasteiger partial charge in [-0.05, 0) is 63.2 Å². The van der Waals surface area contributed by atoms with Gasteiger partial charge in [-0.25, -0.2) is 19.5 Å². The Morgan fingerprint density at radius 2 is 1.97 bits per heavy atom. The van der Waals surface area contributed by atoms with Crippen LogP contribution in [0, 0.1) is 0 Å². The molecule has 1 N–H and O–H groups in total. The third-order valence-electron chi connectivity index (χ3n) is 6.46. The van der Waals surface area contributed by atoms with Crippen LogP contribution in [0.1, 0.15) is 38.2 Å². The zero-order chi connectivity index (χ0) is 24.5. The zero-order valence-electron chi connectivity index (χ0n) is 20.5. The molecule has 1 saturated heterocycles. The molecule has 0 spiro atoms. The normalized spacial score (nSPS) is 16.5. The molecule has 4 aromatic heterocycles. The summed E-state index contributed by atoms with van der Waals surface area (Å²) in [7, 11) is 3.89. The van der Waals surface area contributed by atoms with Gasteiger partial charge in [-0.3, -0.25) is 9.69 Å². The Morgan fingerprint density at radius 1 is 1.11 bits per heavy atom. The van der Waals surface area contributed by atoms with Crippen LogP contribution in [-0.2, 0) is 4.79 Å². The summed E-state index contributed by atoms with van der Waals surface area (Å²) in [5.41, 5.74) is 4.88. The van der Waals surface area contributed by atoms with E-state index in [0.717, 1.165) is 35.3 Å². The van der Waals surface area contributed by atoms with E-state index in [2.05, 4.69) is 40.3 Å². The Balaban J connectivity index is 1.34. The minimum atomic E-state index is -0.0870. The predicted molar refractivity (Wildman–Crippen MR) is 137 cm³/mol. The van der Waals surface area contributed by atoms with Gasteiger partial charge in [0, 0.05) is 30.1 Å². The molecule has 180 valence electrons. The van der Waals surface area contributed by atoms with E-state index in [4.69, 9.17) is 4.98 Å². The van der Waals surface area contributed by atoms with E-state index in [-0.39, 0.29) is 11.9 Å². The van der Waals surface area contributed by atoms with Crippen LogP contribution >= 0.6 is 0 Å². The van der Waals surface area contributed by atoms with Crippen molar-refractivity contribution in [2.45, 2.75) is 38.6 Å². The Hall–Kier alpha value is -3.85. The van der Waals surface area contributed by atoms with E-state index < -0.39 is 0 Å². The summed E-state index contributed by atoms with van der Waals surface area (Å²) >= 11 is 0. The summed E-state index contributed by atoms with van der Waals surface area (Å²) in [5, 5.41) is 7.62. The topological polar surface area (TPSA) is 91.6 Å². The van der Waals surface area contributed by atoms with Gasteiger partial charge in [-0.1, -0.05) is 13.8 Å². The maximum absolute atomic E-state index is 12.9. The lowest BCUT2D eigenvalue weighted by molar-refractivity contribution is -0.124. The van der Waals surface area contributed by atoms with E-state index in [9.17, 15) is 4.79 Å². The first-order valence-corrected chi connectivity index (χ1v) is 11.9. The Kier molecular flexibility index (Phi) is 6.17. The molecule has 5 rings (SSSR count). The average molecular weight is 471 g/mol. The third-order valence-corrected chi connectivity index (χ3v) is 6.46. The molecular formula is C26H30N8O. The van der Waals surface area contributed by atoms with Crippen LogP contribution in [0.25, 0.3) is 16.8 Å². The van der Waals surface area contributed by atoms with E-state index in [0.29, 0.717) is 24.2 Å². The van der Waals surface area contributed by atoms with Crippen LogP contribution < -0.4 is 10.2 Å². The lowest BCUT2D eigenvalue weighted by atomic mass is 10.0. The molecule has 1 unspecified atom stereocenters. The van der Waals surface area contributed by atoms with Crippen molar-refractivity contribution in [1.82, 2.24) is 29.5 Å². The minimum absolute atomic E-state index is 0.0870. The number of piperidine rings is 1. The molecule has 0 aromatic carbocycles. The van der Waals surface area contributed by atoms with Crippen LogP contribution in [0.2, 0.25) is 0 Å². The monoisotopic (exact) mass is 470 g/mol. The second-order valence-electron chi connectivity index (χ2n) is 9.40. The van der Waals surface area contributed by atoms with E-state index >= 15 is 0 Å². The molecule has 35 heavy (non-hydrogen) atoms. The van der Waals surface area contributed by atoms with Crippen molar-refractivity contribution >= 4 is 28.9 Å². The molecule has 9 nitrogen and oxygen atoms in total. The molecule has 0 bridgehead atoms. The molecule has 1 aliphatic heterocycles. The largest absolute Gasteiger partial charge is 0.310 e. The Morgan fingerprint density at radius 3 is 2.71 bits per heavy atom. The molecule has 0 radical (unpaired) electrons. The number of hydrogen-bond donors (Lipinski definition) is 1. The molecule has 1 fully saturated rings. The fourth-order valence-electron chi connectivity index (χ4n) is 4.51. The first kappa shape index (κ1) is 22.9. The first-order valence-electron chi connectivity index (χ1n) is 11.9. The first-order chi connectivity index (χ1) is 16.9. The molecule has 5 heterocycles. The molecule has 0 aliphatic carbocycles. The fourth-order valence-corrected chi connectivity index (χ4v) is 4.51. The number of rotatable bonds is 6. The fraction of sp³-hybridized carbons (Fsp3) is 0.346. The van der Waals surface area contributed by atoms with Crippen LogP contribution in [0.4, 0.5) is 17.5 Å². The van der Waals surface area contributed by atoms with Crippen molar-refractivity contribution in [3.05, 3.63) is 60.7 Å². The zero-order valence-corrected chi connectivity index (χ0v) is 20.5. The highest BCUT2D eigenvalue weighted by Crippen LogP contribution is 2.26.